The van der Waals surface area contributed by atoms with Gasteiger partial charge in [0, 0.05) is 29.2 Å². The van der Waals surface area contributed by atoms with Crippen molar-refractivity contribution in [1.29, 1.82) is 0 Å². The molecule has 4 rings (SSSR count). The molecule has 1 fully saturated rings. The molecule has 1 unspecified atom stereocenters. The van der Waals surface area contributed by atoms with Gasteiger partial charge in [-0.3, -0.25) is 19.4 Å². The van der Waals surface area contributed by atoms with E-state index in [9.17, 15) is 14.4 Å². The smallest absolute Gasteiger partial charge is 0.256 e. The quantitative estimate of drug-likeness (QED) is 0.654. The Hall–Kier alpha value is -2.87. The SMILES string of the molecule is CC[C@H](C)[C@@H](NC(=O)[C@@H]1N2C(=O)c3ccccc3C2SC1(C)C)C(=O)NCc1ccncc1. The van der Waals surface area contributed by atoms with E-state index in [4.69, 9.17) is 0 Å². The molecule has 2 aliphatic rings. The van der Waals surface area contributed by atoms with Crippen molar-refractivity contribution in [2.75, 3.05) is 0 Å². The van der Waals surface area contributed by atoms with Crippen LogP contribution in [0.5, 0.6) is 0 Å². The maximum absolute atomic E-state index is 13.6. The van der Waals surface area contributed by atoms with Crippen molar-refractivity contribution >= 4 is 29.5 Å². The van der Waals surface area contributed by atoms with Crippen LogP contribution in [0.2, 0.25) is 0 Å². The molecule has 0 bridgehead atoms. The maximum atomic E-state index is 13.6. The molecule has 2 aromatic rings. The number of aromatic nitrogens is 1. The molecule has 0 aliphatic carbocycles. The molecule has 1 aromatic heterocycles. The van der Waals surface area contributed by atoms with E-state index in [0.29, 0.717) is 12.1 Å². The second-order valence-corrected chi connectivity index (χ2v) is 11.0. The molecule has 1 aromatic carbocycles. The maximum Gasteiger partial charge on any atom is 0.256 e. The minimum atomic E-state index is -0.690. The average Bonchev–Trinajstić information content (AvgIpc) is 3.24. The van der Waals surface area contributed by atoms with Crippen molar-refractivity contribution in [3.05, 3.63) is 65.5 Å². The minimum absolute atomic E-state index is 0.0640. The summed E-state index contributed by atoms with van der Waals surface area (Å²) in [5.41, 5.74) is 2.53. The Morgan fingerprint density at radius 1 is 1.18 bits per heavy atom. The van der Waals surface area contributed by atoms with Crippen LogP contribution in [0.1, 0.15) is 61.0 Å². The molecular formula is C25H30N4O3S. The average molecular weight is 467 g/mol. The van der Waals surface area contributed by atoms with Crippen LogP contribution in [0.3, 0.4) is 0 Å². The van der Waals surface area contributed by atoms with E-state index in [2.05, 4.69) is 15.6 Å². The largest absolute Gasteiger partial charge is 0.350 e. The zero-order chi connectivity index (χ0) is 23.8. The summed E-state index contributed by atoms with van der Waals surface area (Å²) in [5, 5.41) is 5.73. The molecule has 0 radical (unpaired) electrons. The van der Waals surface area contributed by atoms with Gasteiger partial charge in [-0.2, -0.15) is 0 Å². The molecule has 174 valence electrons. The normalized spacial score (nSPS) is 22.3. The van der Waals surface area contributed by atoms with Crippen molar-refractivity contribution in [1.82, 2.24) is 20.5 Å². The first-order chi connectivity index (χ1) is 15.7. The highest BCUT2D eigenvalue weighted by Gasteiger charge is 2.57. The van der Waals surface area contributed by atoms with Crippen molar-refractivity contribution in [2.24, 2.45) is 5.92 Å². The molecule has 1 saturated heterocycles. The van der Waals surface area contributed by atoms with Crippen LogP contribution < -0.4 is 10.6 Å². The van der Waals surface area contributed by atoms with Crippen LogP contribution in [0.25, 0.3) is 0 Å². The lowest BCUT2D eigenvalue weighted by Gasteiger charge is -2.32. The number of thioether (sulfide) groups is 1. The molecule has 7 nitrogen and oxygen atoms in total. The van der Waals surface area contributed by atoms with Gasteiger partial charge in [0.2, 0.25) is 11.8 Å². The number of nitrogens with one attached hydrogen (secondary N) is 2. The van der Waals surface area contributed by atoms with Gasteiger partial charge in [-0.1, -0.05) is 38.5 Å². The van der Waals surface area contributed by atoms with Gasteiger partial charge in [0.1, 0.15) is 17.5 Å². The van der Waals surface area contributed by atoms with Crippen molar-refractivity contribution in [3.8, 4) is 0 Å². The molecule has 0 spiro atoms. The summed E-state index contributed by atoms with van der Waals surface area (Å²) in [6.45, 7) is 8.27. The second kappa shape index (κ2) is 9.17. The Morgan fingerprint density at radius 3 is 2.58 bits per heavy atom. The molecular weight excluding hydrogens is 436 g/mol. The predicted molar refractivity (Wildman–Crippen MR) is 128 cm³/mol. The Morgan fingerprint density at radius 2 is 1.88 bits per heavy atom. The standard InChI is InChI=1S/C25H30N4O3S/c1-5-15(2)19(21(30)27-14-16-10-12-26-13-11-16)28-22(31)20-25(3,4)33-24-18-9-7-6-8-17(18)23(32)29(20)24/h6-13,15,19-20,24H,5,14H2,1-4H3,(H,27,30)(H,28,31)/t15-,19+,20-,24?/m0/s1. The number of carbonyl (C=O) groups is 3. The Labute approximate surface area is 198 Å². The van der Waals surface area contributed by atoms with E-state index >= 15 is 0 Å². The van der Waals surface area contributed by atoms with Gasteiger partial charge in [-0.15, -0.1) is 11.8 Å². The Bertz CT molecular complexity index is 1060. The number of pyridine rings is 1. The van der Waals surface area contributed by atoms with E-state index in [1.54, 1.807) is 29.1 Å². The van der Waals surface area contributed by atoms with Crippen molar-refractivity contribution in [3.63, 3.8) is 0 Å². The molecule has 4 atom stereocenters. The number of fused-ring (bicyclic) bond motifs is 3. The van der Waals surface area contributed by atoms with E-state index < -0.39 is 16.8 Å². The molecule has 33 heavy (non-hydrogen) atoms. The van der Waals surface area contributed by atoms with Crippen LogP contribution >= 0.6 is 11.8 Å². The number of carbonyl (C=O) groups excluding carboxylic acids is 3. The van der Waals surface area contributed by atoms with Gasteiger partial charge < -0.3 is 15.5 Å². The van der Waals surface area contributed by atoms with E-state index in [1.165, 1.54) is 0 Å². The summed E-state index contributed by atoms with van der Waals surface area (Å²) in [7, 11) is 0. The van der Waals surface area contributed by atoms with Gasteiger partial charge in [0.15, 0.2) is 0 Å². The lowest BCUT2D eigenvalue weighted by atomic mass is 9.95. The number of hydrogen-bond donors (Lipinski definition) is 2. The summed E-state index contributed by atoms with van der Waals surface area (Å²) in [4.78, 5) is 45.6. The van der Waals surface area contributed by atoms with Gasteiger partial charge in [-0.25, -0.2) is 0 Å². The lowest BCUT2D eigenvalue weighted by Crippen LogP contribution is -2.58. The van der Waals surface area contributed by atoms with Gasteiger partial charge in [0.25, 0.3) is 5.91 Å². The highest BCUT2D eigenvalue weighted by Crippen LogP contribution is 2.56. The zero-order valence-electron chi connectivity index (χ0n) is 19.4. The monoisotopic (exact) mass is 466 g/mol. The predicted octanol–water partition coefficient (Wildman–Crippen LogP) is 3.28. The second-order valence-electron chi connectivity index (χ2n) is 9.22. The van der Waals surface area contributed by atoms with Crippen LogP contribution in [0, 0.1) is 5.92 Å². The fourth-order valence-corrected chi connectivity index (χ4v) is 6.13. The number of amides is 3. The Balaban J connectivity index is 1.53. The number of hydrogen-bond acceptors (Lipinski definition) is 5. The molecule has 3 amide bonds. The highest BCUT2D eigenvalue weighted by molar-refractivity contribution is 8.01. The third-order valence-corrected chi connectivity index (χ3v) is 8.09. The third kappa shape index (κ3) is 4.36. The van der Waals surface area contributed by atoms with Crippen LogP contribution in [-0.2, 0) is 16.1 Å². The first kappa shape index (κ1) is 23.3. The van der Waals surface area contributed by atoms with Gasteiger partial charge in [-0.05, 0) is 49.1 Å². The summed E-state index contributed by atoms with van der Waals surface area (Å²) in [6, 6.07) is 9.84. The van der Waals surface area contributed by atoms with Crippen molar-refractivity contribution in [2.45, 2.75) is 62.9 Å². The molecule has 0 saturated carbocycles. The van der Waals surface area contributed by atoms with E-state index in [0.717, 1.165) is 17.5 Å². The fraction of sp³-hybridized carbons (Fsp3) is 0.440. The number of rotatable bonds is 7. The van der Waals surface area contributed by atoms with Gasteiger partial charge >= 0.3 is 0 Å². The summed E-state index contributed by atoms with van der Waals surface area (Å²) in [6.07, 6.45) is 4.08. The first-order valence-corrected chi connectivity index (χ1v) is 12.2. The summed E-state index contributed by atoms with van der Waals surface area (Å²) >= 11 is 1.62. The first-order valence-electron chi connectivity index (χ1n) is 11.3. The number of benzene rings is 1. The lowest BCUT2D eigenvalue weighted by molar-refractivity contribution is -0.133. The van der Waals surface area contributed by atoms with Crippen molar-refractivity contribution < 1.29 is 14.4 Å². The van der Waals surface area contributed by atoms with Gasteiger partial charge in [0.05, 0.1) is 0 Å². The molecule has 8 heteroatoms. The number of nitrogens with zero attached hydrogens (tertiary/aromatic N) is 2. The topological polar surface area (TPSA) is 91.4 Å². The van der Waals surface area contributed by atoms with Crippen LogP contribution in [0.15, 0.2) is 48.8 Å². The Kier molecular flexibility index (Phi) is 6.47. The highest BCUT2D eigenvalue weighted by atomic mass is 32.2. The van der Waals surface area contributed by atoms with Crippen LogP contribution in [-0.4, -0.2) is 44.4 Å². The summed E-state index contributed by atoms with van der Waals surface area (Å²) in [5.74, 6) is -0.715. The molecule has 3 heterocycles. The molecule has 2 N–H and O–H groups in total. The fourth-order valence-electron chi connectivity index (χ4n) is 4.54. The third-order valence-electron chi connectivity index (χ3n) is 6.55. The van der Waals surface area contributed by atoms with E-state index in [-0.39, 0.29) is 29.0 Å². The minimum Gasteiger partial charge on any atom is -0.350 e. The molecule has 2 aliphatic heterocycles. The zero-order valence-corrected chi connectivity index (χ0v) is 20.2. The van der Waals surface area contributed by atoms with E-state index in [1.807, 2.05) is 64.1 Å². The van der Waals surface area contributed by atoms with Crippen LogP contribution in [0.4, 0.5) is 0 Å². The summed E-state index contributed by atoms with van der Waals surface area (Å²) < 4.78 is -0.495.